The van der Waals surface area contributed by atoms with Crippen molar-refractivity contribution in [2.45, 2.75) is 19.3 Å². The molecule has 2 aromatic heterocycles. The van der Waals surface area contributed by atoms with Crippen molar-refractivity contribution in [1.82, 2.24) is 9.97 Å². The second kappa shape index (κ2) is 14.1. The molecule has 292 valence electrons. The number of benzene rings is 9. The van der Waals surface area contributed by atoms with E-state index >= 15 is 0 Å². The highest BCUT2D eigenvalue weighted by Gasteiger charge is 2.36. The molecule has 3 heteroatoms. The number of aromatic nitrogens is 2. The second-order valence-electron chi connectivity index (χ2n) is 16.9. The van der Waals surface area contributed by atoms with Gasteiger partial charge in [0, 0.05) is 32.9 Å². The Morgan fingerprint density at radius 3 is 1.85 bits per heavy atom. The van der Waals surface area contributed by atoms with Gasteiger partial charge in [-0.2, -0.15) is 0 Å². The molecule has 1 aliphatic rings. The van der Waals surface area contributed by atoms with Crippen LogP contribution >= 0.6 is 0 Å². The largest absolute Gasteiger partial charge is 0.456 e. The van der Waals surface area contributed by atoms with Crippen LogP contribution in [0.4, 0.5) is 0 Å². The number of rotatable bonds is 6. The van der Waals surface area contributed by atoms with E-state index in [0.29, 0.717) is 5.82 Å². The van der Waals surface area contributed by atoms with E-state index in [4.69, 9.17) is 14.4 Å². The van der Waals surface area contributed by atoms with Crippen LogP contribution in [0.25, 0.3) is 111 Å². The molecule has 62 heavy (non-hydrogen) atoms. The van der Waals surface area contributed by atoms with Gasteiger partial charge in [0.05, 0.1) is 11.4 Å². The zero-order valence-electron chi connectivity index (χ0n) is 34.4. The number of hydrogen-bond donors (Lipinski definition) is 0. The molecule has 9 aromatic carbocycles. The van der Waals surface area contributed by atoms with Crippen LogP contribution in [0.1, 0.15) is 25.0 Å². The molecule has 0 radical (unpaired) electrons. The van der Waals surface area contributed by atoms with Gasteiger partial charge in [0.15, 0.2) is 5.82 Å². The number of furan rings is 1. The zero-order valence-corrected chi connectivity index (χ0v) is 34.4. The van der Waals surface area contributed by atoms with Crippen molar-refractivity contribution in [2.24, 2.45) is 0 Å². The van der Waals surface area contributed by atoms with E-state index in [1.165, 1.54) is 44.2 Å². The Morgan fingerprint density at radius 1 is 0.355 bits per heavy atom. The number of fused-ring (bicyclic) bond motifs is 7. The SMILES string of the molecule is CC1(C)c2ccccc2-c2c(-c3ccccc3-c3cc(-c4cc(-c5ccc6oc7ccccc7c6c5)cc(-c5cccc6ccccc56)c4)nc(-c4ccccc4)n3)cccc21. The molecular weight excluding hydrogens is 753 g/mol. The lowest BCUT2D eigenvalue weighted by Gasteiger charge is -2.22. The van der Waals surface area contributed by atoms with Crippen molar-refractivity contribution in [3.8, 4) is 78.4 Å². The number of hydrogen-bond acceptors (Lipinski definition) is 3. The maximum atomic E-state index is 6.26. The van der Waals surface area contributed by atoms with E-state index < -0.39 is 0 Å². The fourth-order valence-electron chi connectivity index (χ4n) is 9.85. The fraction of sp³-hybridized carbons (Fsp3) is 0.0508. The van der Waals surface area contributed by atoms with Crippen molar-refractivity contribution in [2.75, 3.05) is 0 Å². The van der Waals surface area contributed by atoms with Crippen molar-refractivity contribution >= 4 is 32.7 Å². The highest BCUT2D eigenvalue weighted by atomic mass is 16.3. The summed E-state index contributed by atoms with van der Waals surface area (Å²) in [5.41, 5.74) is 18.6. The van der Waals surface area contributed by atoms with E-state index in [2.05, 4.69) is 202 Å². The van der Waals surface area contributed by atoms with Crippen molar-refractivity contribution in [1.29, 1.82) is 0 Å². The maximum absolute atomic E-state index is 6.26. The lowest BCUT2D eigenvalue weighted by atomic mass is 9.81. The Balaban J connectivity index is 1.10. The van der Waals surface area contributed by atoms with Crippen LogP contribution in [-0.4, -0.2) is 9.97 Å². The van der Waals surface area contributed by atoms with Gasteiger partial charge in [-0.25, -0.2) is 9.97 Å². The van der Waals surface area contributed by atoms with Gasteiger partial charge in [-0.15, -0.1) is 0 Å². The smallest absolute Gasteiger partial charge is 0.160 e. The third kappa shape index (κ3) is 5.81. The third-order valence-electron chi connectivity index (χ3n) is 12.9. The Labute approximate surface area is 360 Å². The van der Waals surface area contributed by atoms with E-state index in [1.807, 2.05) is 18.2 Å². The maximum Gasteiger partial charge on any atom is 0.160 e. The quantitative estimate of drug-likeness (QED) is 0.168. The Morgan fingerprint density at radius 2 is 0.968 bits per heavy atom. The summed E-state index contributed by atoms with van der Waals surface area (Å²) < 4.78 is 6.26. The Hall–Kier alpha value is -7.88. The first-order valence-corrected chi connectivity index (χ1v) is 21.3. The van der Waals surface area contributed by atoms with Gasteiger partial charge >= 0.3 is 0 Å². The van der Waals surface area contributed by atoms with Crippen molar-refractivity contribution in [3.63, 3.8) is 0 Å². The molecule has 0 spiro atoms. The molecule has 0 amide bonds. The van der Waals surface area contributed by atoms with Crippen molar-refractivity contribution < 1.29 is 4.42 Å². The second-order valence-corrected chi connectivity index (χ2v) is 16.9. The van der Waals surface area contributed by atoms with E-state index in [1.54, 1.807) is 0 Å². The highest BCUT2D eigenvalue weighted by molar-refractivity contribution is 6.07. The van der Waals surface area contributed by atoms with Crippen LogP contribution in [-0.2, 0) is 5.41 Å². The third-order valence-corrected chi connectivity index (χ3v) is 12.9. The summed E-state index contributed by atoms with van der Waals surface area (Å²) in [6.07, 6.45) is 0. The van der Waals surface area contributed by atoms with Gasteiger partial charge in [-0.3, -0.25) is 0 Å². The summed E-state index contributed by atoms with van der Waals surface area (Å²) in [5.74, 6) is 0.682. The molecule has 3 nitrogen and oxygen atoms in total. The first kappa shape index (κ1) is 36.0. The van der Waals surface area contributed by atoms with Crippen LogP contribution in [0, 0.1) is 0 Å². The van der Waals surface area contributed by atoms with Crippen LogP contribution in [0.15, 0.2) is 211 Å². The van der Waals surface area contributed by atoms with Gasteiger partial charge in [0.1, 0.15) is 11.2 Å². The van der Waals surface area contributed by atoms with E-state index in [0.717, 1.165) is 72.3 Å². The van der Waals surface area contributed by atoms with E-state index in [-0.39, 0.29) is 5.41 Å². The average molecular weight is 793 g/mol. The molecule has 0 unspecified atom stereocenters. The Bertz CT molecular complexity index is 3550. The molecule has 1 aliphatic carbocycles. The Kier molecular flexibility index (Phi) is 8.20. The minimum Gasteiger partial charge on any atom is -0.456 e. The molecule has 0 fully saturated rings. The highest BCUT2D eigenvalue weighted by Crippen LogP contribution is 2.53. The molecule has 0 saturated carbocycles. The number of para-hydroxylation sites is 1. The van der Waals surface area contributed by atoms with Crippen molar-refractivity contribution in [3.05, 3.63) is 217 Å². The summed E-state index contributed by atoms with van der Waals surface area (Å²) in [7, 11) is 0. The fourth-order valence-corrected chi connectivity index (χ4v) is 9.85. The summed E-state index contributed by atoms with van der Waals surface area (Å²) in [5, 5.41) is 4.61. The minimum absolute atomic E-state index is 0.110. The summed E-state index contributed by atoms with van der Waals surface area (Å²) >= 11 is 0. The molecular formula is C59H40N2O. The standard InChI is InChI=1S/C59H40N2O/c1-59(2)51-27-12-10-24-49(51)57-48(26-15-28-52(57)59)45-21-8-9-22-46(45)54-36-53(60-58(61-54)38-17-4-3-5-18-38)42-33-40(32-41(34-42)44-25-14-19-37-16-6-7-20-43(37)44)39-30-31-56-50(35-39)47-23-11-13-29-55(47)62-56/h3-36H,1-2H3. The van der Waals surface area contributed by atoms with Gasteiger partial charge in [-0.1, -0.05) is 178 Å². The molecule has 0 saturated heterocycles. The molecule has 0 N–H and O–H groups in total. The lowest BCUT2D eigenvalue weighted by Crippen LogP contribution is -2.14. The van der Waals surface area contributed by atoms with Gasteiger partial charge in [-0.05, 0) is 109 Å². The first-order valence-electron chi connectivity index (χ1n) is 21.3. The van der Waals surface area contributed by atoms with Crippen LogP contribution in [0.3, 0.4) is 0 Å². The summed E-state index contributed by atoms with van der Waals surface area (Å²) in [4.78, 5) is 10.8. The van der Waals surface area contributed by atoms with Crippen LogP contribution in [0.5, 0.6) is 0 Å². The van der Waals surface area contributed by atoms with E-state index in [9.17, 15) is 0 Å². The molecule has 0 atom stereocenters. The average Bonchev–Trinajstić information content (AvgIpc) is 3.82. The van der Waals surface area contributed by atoms with Gasteiger partial charge in [0.25, 0.3) is 0 Å². The zero-order chi connectivity index (χ0) is 41.4. The molecule has 2 heterocycles. The van der Waals surface area contributed by atoms with Gasteiger partial charge in [0.2, 0.25) is 0 Å². The molecule has 0 bridgehead atoms. The lowest BCUT2D eigenvalue weighted by molar-refractivity contribution is 0.660. The van der Waals surface area contributed by atoms with Gasteiger partial charge < -0.3 is 4.42 Å². The minimum atomic E-state index is -0.110. The molecule has 0 aliphatic heterocycles. The summed E-state index contributed by atoms with van der Waals surface area (Å²) in [6, 6.07) is 73.8. The number of nitrogens with zero attached hydrogens (tertiary/aromatic N) is 2. The predicted molar refractivity (Wildman–Crippen MR) is 257 cm³/mol. The summed E-state index contributed by atoms with van der Waals surface area (Å²) in [6.45, 7) is 4.68. The first-order chi connectivity index (χ1) is 30.5. The predicted octanol–water partition coefficient (Wildman–Crippen LogP) is 15.8. The van der Waals surface area contributed by atoms with Crippen LogP contribution < -0.4 is 0 Å². The molecule has 12 rings (SSSR count). The topological polar surface area (TPSA) is 38.9 Å². The molecule has 11 aromatic rings. The van der Waals surface area contributed by atoms with Crippen LogP contribution in [0.2, 0.25) is 0 Å². The normalized spacial score (nSPS) is 12.8. The monoisotopic (exact) mass is 792 g/mol.